The van der Waals surface area contributed by atoms with Crippen molar-refractivity contribution < 1.29 is 9.53 Å². The van der Waals surface area contributed by atoms with Crippen molar-refractivity contribution in [3.05, 3.63) is 47.9 Å². The minimum absolute atomic E-state index is 0.244. The summed E-state index contributed by atoms with van der Waals surface area (Å²) in [5.41, 5.74) is 3.29. The summed E-state index contributed by atoms with van der Waals surface area (Å²) in [6.07, 6.45) is 3.71. The number of pyridine rings is 1. The topological polar surface area (TPSA) is 69.9 Å². The zero-order chi connectivity index (χ0) is 17.4. The molecule has 0 aliphatic heterocycles. The third kappa shape index (κ3) is 2.77. The lowest BCUT2D eigenvalue weighted by molar-refractivity contribution is 0.0582. The van der Waals surface area contributed by atoms with E-state index >= 15 is 0 Å². The molecule has 0 atom stereocenters. The normalized spacial score (nSPS) is 11.3. The van der Waals surface area contributed by atoms with Crippen molar-refractivity contribution in [1.29, 1.82) is 0 Å². The minimum atomic E-state index is -0.478. The van der Waals surface area contributed by atoms with Crippen molar-refractivity contribution in [1.82, 2.24) is 19.5 Å². The van der Waals surface area contributed by atoms with Crippen LogP contribution in [0.1, 0.15) is 16.2 Å². The van der Waals surface area contributed by atoms with Crippen molar-refractivity contribution in [3.63, 3.8) is 0 Å². The maximum absolute atomic E-state index is 12.2. The zero-order valence-electron chi connectivity index (χ0n) is 13.6. The van der Waals surface area contributed by atoms with Gasteiger partial charge in [-0.05, 0) is 30.0 Å². The Morgan fingerprint density at radius 1 is 1.28 bits per heavy atom. The number of thioether (sulfide) groups is 1. The highest BCUT2D eigenvalue weighted by Crippen LogP contribution is 2.30. The van der Waals surface area contributed by atoms with Gasteiger partial charge in [0, 0.05) is 6.20 Å². The Labute approximate surface area is 151 Å². The van der Waals surface area contributed by atoms with Crippen LogP contribution < -0.4 is 0 Å². The number of hydrogen-bond acceptors (Lipinski definition) is 7. The molecule has 0 radical (unpaired) electrons. The fraction of sp³-hybridized carbons (Fsp3) is 0.176. The molecule has 0 amide bonds. The molecular weight excluding hydrogens is 356 g/mol. The maximum Gasteiger partial charge on any atom is 0.374 e. The molecule has 0 aliphatic carbocycles. The van der Waals surface area contributed by atoms with Crippen LogP contribution in [0.4, 0.5) is 0 Å². The van der Waals surface area contributed by atoms with Crippen molar-refractivity contribution >= 4 is 50.4 Å². The Morgan fingerprint density at radius 3 is 2.96 bits per heavy atom. The fourth-order valence-corrected chi connectivity index (χ4v) is 4.26. The highest BCUT2D eigenvalue weighted by Gasteiger charge is 2.20. The number of hydrogen-bond donors (Lipinski definition) is 0. The number of thiazole rings is 1. The van der Waals surface area contributed by atoms with Gasteiger partial charge in [-0.3, -0.25) is 4.57 Å². The quantitative estimate of drug-likeness (QED) is 0.404. The molecule has 0 fully saturated rings. The Hall–Kier alpha value is -2.45. The maximum atomic E-state index is 12.2. The predicted molar refractivity (Wildman–Crippen MR) is 99.4 cm³/mol. The van der Waals surface area contributed by atoms with Crippen molar-refractivity contribution in [3.8, 4) is 0 Å². The van der Waals surface area contributed by atoms with E-state index in [4.69, 9.17) is 9.72 Å². The molecule has 0 saturated heterocycles. The summed E-state index contributed by atoms with van der Waals surface area (Å²) in [4.78, 5) is 25.6. The van der Waals surface area contributed by atoms with Crippen LogP contribution in [-0.4, -0.2) is 38.9 Å². The number of carbonyl (C=O) groups excluding carboxylic acids is 1. The van der Waals surface area contributed by atoms with Gasteiger partial charge in [0.15, 0.2) is 9.99 Å². The molecule has 0 aliphatic rings. The molecule has 8 heteroatoms. The molecule has 0 N–H and O–H groups in total. The van der Waals surface area contributed by atoms with Crippen LogP contribution in [0.25, 0.3) is 21.4 Å². The van der Waals surface area contributed by atoms with Gasteiger partial charge < -0.3 is 4.74 Å². The molecule has 3 heterocycles. The van der Waals surface area contributed by atoms with E-state index in [1.165, 1.54) is 7.11 Å². The van der Waals surface area contributed by atoms with E-state index in [9.17, 15) is 4.79 Å². The number of ether oxygens (including phenoxy) is 1. The highest BCUT2D eigenvalue weighted by atomic mass is 32.2. The van der Waals surface area contributed by atoms with Gasteiger partial charge in [0.1, 0.15) is 5.52 Å². The van der Waals surface area contributed by atoms with Crippen LogP contribution in [-0.2, 0) is 11.3 Å². The summed E-state index contributed by atoms with van der Waals surface area (Å²) in [6.45, 7) is 0.451. The number of aromatic nitrogens is 4. The zero-order valence-corrected chi connectivity index (χ0v) is 15.2. The van der Waals surface area contributed by atoms with Gasteiger partial charge in [0.05, 0.1) is 23.9 Å². The van der Waals surface area contributed by atoms with E-state index in [1.54, 1.807) is 39.9 Å². The SMILES string of the molecule is COC(=O)c1nc2cccnc2n1Cc1cccc2sc(SC)nc12. The number of para-hydroxylation sites is 1. The second kappa shape index (κ2) is 6.45. The van der Waals surface area contributed by atoms with Gasteiger partial charge in [0.2, 0.25) is 5.82 Å². The Balaban J connectivity index is 1.88. The largest absolute Gasteiger partial charge is 0.463 e. The molecule has 3 aromatic heterocycles. The monoisotopic (exact) mass is 370 g/mol. The molecule has 0 bridgehead atoms. The van der Waals surface area contributed by atoms with Crippen LogP contribution in [0.5, 0.6) is 0 Å². The smallest absolute Gasteiger partial charge is 0.374 e. The number of nitrogens with zero attached hydrogens (tertiary/aromatic N) is 4. The van der Waals surface area contributed by atoms with E-state index in [1.807, 2.05) is 24.5 Å². The summed E-state index contributed by atoms with van der Waals surface area (Å²) in [6, 6.07) is 9.71. The first-order valence-corrected chi connectivity index (χ1v) is 9.57. The summed E-state index contributed by atoms with van der Waals surface area (Å²) in [5, 5.41) is 0. The number of rotatable bonds is 4. The van der Waals surface area contributed by atoms with Gasteiger partial charge in [-0.15, -0.1) is 11.3 Å². The first-order chi connectivity index (χ1) is 12.2. The molecule has 0 unspecified atom stereocenters. The third-order valence-corrected chi connectivity index (χ3v) is 5.86. The van der Waals surface area contributed by atoms with E-state index in [2.05, 4.69) is 16.0 Å². The fourth-order valence-electron chi connectivity index (χ4n) is 2.73. The van der Waals surface area contributed by atoms with Gasteiger partial charge >= 0.3 is 5.97 Å². The first kappa shape index (κ1) is 16.0. The second-order valence-corrected chi connectivity index (χ2v) is 7.39. The number of benzene rings is 1. The molecule has 126 valence electrons. The highest BCUT2D eigenvalue weighted by molar-refractivity contribution is 8.00. The Kier molecular flexibility index (Phi) is 4.14. The lowest BCUT2D eigenvalue weighted by atomic mass is 10.2. The summed E-state index contributed by atoms with van der Waals surface area (Å²) >= 11 is 3.29. The van der Waals surface area contributed by atoms with Crippen LogP contribution in [0.2, 0.25) is 0 Å². The molecule has 0 spiro atoms. The number of fused-ring (bicyclic) bond motifs is 2. The lowest BCUT2D eigenvalue weighted by Crippen LogP contribution is -2.13. The van der Waals surface area contributed by atoms with Crippen LogP contribution >= 0.6 is 23.1 Å². The van der Waals surface area contributed by atoms with Gasteiger partial charge in [-0.25, -0.2) is 19.7 Å². The summed E-state index contributed by atoms with van der Waals surface area (Å²) < 4.78 is 8.81. The van der Waals surface area contributed by atoms with Crippen molar-refractivity contribution in [2.45, 2.75) is 10.9 Å². The molecular formula is C17H14N4O2S2. The number of imidazole rings is 1. The number of methoxy groups -OCH3 is 1. The lowest BCUT2D eigenvalue weighted by Gasteiger charge is -2.08. The average molecular weight is 370 g/mol. The van der Waals surface area contributed by atoms with Gasteiger partial charge in [-0.1, -0.05) is 23.9 Å². The molecule has 6 nitrogen and oxygen atoms in total. The average Bonchev–Trinajstić information content (AvgIpc) is 3.23. The summed E-state index contributed by atoms with van der Waals surface area (Å²) in [5.74, 6) is -0.234. The van der Waals surface area contributed by atoms with Gasteiger partial charge in [-0.2, -0.15) is 0 Å². The van der Waals surface area contributed by atoms with Crippen LogP contribution in [0.15, 0.2) is 40.9 Å². The molecule has 0 saturated carbocycles. The second-order valence-electron chi connectivity index (χ2n) is 5.31. The molecule has 4 aromatic rings. The van der Waals surface area contributed by atoms with Crippen molar-refractivity contribution in [2.75, 3.05) is 13.4 Å². The molecule has 1 aromatic carbocycles. The van der Waals surface area contributed by atoms with E-state index < -0.39 is 5.97 Å². The Bertz CT molecular complexity index is 1090. The Morgan fingerprint density at radius 2 is 2.16 bits per heavy atom. The number of carbonyl (C=O) groups is 1. The first-order valence-electron chi connectivity index (χ1n) is 7.53. The van der Waals surface area contributed by atoms with E-state index in [0.717, 1.165) is 20.1 Å². The number of esters is 1. The predicted octanol–water partition coefficient (Wildman–Crippen LogP) is 3.60. The van der Waals surface area contributed by atoms with E-state index in [0.29, 0.717) is 17.7 Å². The summed E-state index contributed by atoms with van der Waals surface area (Å²) in [7, 11) is 1.35. The van der Waals surface area contributed by atoms with Crippen LogP contribution in [0.3, 0.4) is 0 Å². The third-order valence-electron chi connectivity index (χ3n) is 3.86. The van der Waals surface area contributed by atoms with Gasteiger partial charge in [0.25, 0.3) is 0 Å². The van der Waals surface area contributed by atoms with Crippen molar-refractivity contribution in [2.24, 2.45) is 0 Å². The standard InChI is InChI=1S/C17H14N4O2S2/c1-23-16(22)15-19-11-6-4-8-18-14(11)21(15)9-10-5-3-7-12-13(10)20-17(24-2)25-12/h3-8H,9H2,1-2H3. The molecule has 4 rings (SSSR count). The molecule has 25 heavy (non-hydrogen) atoms. The van der Waals surface area contributed by atoms with E-state index in [-0.39, 0.29) is 5.82 Å². The van der Waals surface area contributed by atoms with Crippen LogP contribution in [0, 0.1) is 0 Å². The minimum Gasteiger partial charge on any atom is -0.463 e.